The molecule has 0 fully saturated rings. The summed E-state index contributed by atoms with van der Waals surface area (Å²) in [7, 11) is 4.93. The first kappa shape index (κ1) is 17.3. The number of carbonyl (C=O) groups excluding carboxylic acids is 1. The molecule has 1 aromatic rings. The van der Waals surface area contributed by atoms with Gasteiger partial charge in [-0.05, 0) is 24.3 Å². The summed E-state index contributed by atoms with van der Waals surface area (Å²) >= 11 is 0. The molecule has 6 nitrogen and oxygen atoms in total. The van der Waals surface area contributed by atoms with Gasteiger partial charge in [-0.3, -0.25) is 4.79 Å². The van der Waals surface area contributed by atoms with E-state index in [1.165, 1.54) is 0 Å². The molecule has 0 aromatic heterocycles. The third-order valence-electron chi connectivity index (χ3n) is 2.84. The maximum absolute atomic E-state index is 11.7. The van der Waals surface area contributed by atoms with E-state index in [0.29, 0.717) is 26.4 Å². The van der Waals surface area contributed by atoms with Crippen molar-refractivity contribution in [3.8, 4) is 11.5 Å². The third kappa shape index (κ3) is 6.97. The van der Waals surface area contributed by atoms with Gasteiger partial charge in [-0.15, -0.1) is 0 Å². The summed E-state index contributed by atoms with van der Waals surface area (Å²) in [5.74, 6) is 1.44. The van der Waals surface area contributed by atoms with Gasteiger partial charge >= 0.3 is 0 Å². The number of rotatable bonds is 10. The molecule has 6 heteroatoms. The standard InChI is InChI=1S/C15H23NO5/c1-16(15(17)12-20-11-10-18-2)8-9-21-14-6-4-13(19-3)5-7-14/h4-7H,8-12H2,1-3H3. The van der Waals surface area contributed by atoms with Crippen molar-refractivity contribution in [1.29, 1.82) is 0 Å². The number of amides is 1. The van der Waals surface area contributed by atoms with Gasteiger partial charge in [0.2, 0.25) is 5.91 Å². The molecule has 0 N–H and O–H groups in total. The highest BCUT2D eigenvalue weighted by Gasteiger charge is 2.08. The van der Waals surface area contributed by atoms with Crippen LogP contribution in [0, 0.1) is 0 Å². The first-order chi connectivity index (χ1) is 10.2. The van der Waals surface area contributed by atoms with E-state index in [0.717, 1.165) is 11.5 Å². The second-order valence-electron chi connectivity index (χ2n) is 4.38. The van der Waals surface area contributed by atoms with E-state index < -0.39 is 0 Å². The molecule has 1 aromatic carbocycles. The molecule has 1 amide bonds. The predicted octanol–water partition coefficient (Wildman–Crippen LogP) is 1.20. The van der Waals surface area contributed by atoms with Crippen LogP contribution in [0.15, 0.2) is 24.3 Å². The van der Waals surface area contributed by atoms with Gasteiger partial charge in [0, 0.05) is 14.2 Å². The Morgan fingerprint density at radius 1 is 1.05 bits per heavy atom. The van der Waals surface area contributed by atoms with E-state index in [1.807, 2.05) is 24.3 Å². The smallest absolute Gasteiger partial charge is 0.248 e. The number of ether oxygens (including phenoxy) is 4. The summed E-state index contributed by atoms with van der Waals surface area (Å²) in [6.07, 6.45) is 0. The van der Waals surface area contributed by atoms with Gasteiger partial charge < -0.3 is 23.8 Å². The van der Waals surface area contributed by atoms with Crippen LogP contribution in [0.3, 0.4) is 0 Å². The SMILES string of the molecule is COCCOCC(=O)N(C)CCOc1ccc(OC)cc1. The number of likely N-dealkylation sites (N-methyl/N-ethyl adjacent to an activating group) is 1. The van der Waals surface area contributed by atoms with E-state index in [1.54, 1.807) is 26.2 Å². The summed E-state index contributed by atoms with van der Waals surface area (Å²) < 4.78 is 20.6. The maximum Gasteiger partial charge on any atom is 0.248 e. The molecule has 0 unspecified atom stereocenters. The fourth-order valence-corrected chi connectivity index (χ4v) is 1.51. The Hall–Kier alpha value is -1.79. The zero-order valence-corrected chi connectivity index (χ0v) is 12.8. The van der Waals surface area contributed by atoms with E-state index >= 15 is 0 Å². The van der Waals surface area contributed by atoms with Gasteiger partial charge in [0.05, 0.1) is 26.9 Å². The number of hydrogen-bond donors (Lipinski definition) is 0. The van der Waals surface area contributed by atoms with Crippen molar-refractivity contribution in [3.63, 3.8) is 0 Å². The number of methoxy groups -OCH3 is 2. The fraction of sp³-hybridized carbons (Fsp3) is 0.533. The van der Waals surface area contributed by atoms with Crippen LogP contribution in [-0.4, -0.2) is 65.0 Å². The molecule has 0 saturated heterocycles. The molecule has 0 aliphatic rings. The lowest BCUT2D eigenvalue weighted by molar-refractivity contribution is -0.135. The average Bonchev–Trinajstić information content (AvgIpc) is 2.52. The summed E-state index contributed by atoms with van der Waals surface area (Å²) in [4.78, 5) is 13.3. The zero-order valence-electron chi connectivity index (χ0n) is 12.8. The van der Waals surface area contributed by atoms with Crippen LogP contribution in [0.4, 0.5) is 0 Å². The van der Waals surface area contributed by atoms with E-state index in [2.05, 4.69) is 0 Å². The predicted molar refractivity (Wildman–Crippen MR) is 78.8 cm³/mol. The molecular weight excluding hydrogens is 274 g/mol. The lowest BCUT2D eigenvalue weighted by Gasteiger charge is -2.17. The highest BCUT2D eigenvalue weighted by molar-refractivity contribution is 5.77. The fourth-order valence-electron chi connectivity index (χ4n) is 1.51. The molecule has 0 aliphatic heterocycles. The molecular formula is C15H23NO5. The van der Waals surface area contributed by atoms with Crippen LogP contribution >= 0.6 is 0 Å². The zero-order chi connectivity index (χ0) is 15.5. The van der Waals surface area contributed by atoms with Crippen LogP contribution in [0.1, 0.15) is 0 Å². The highest BCUT2D eigenvalue weighted by Crippen LogP contribution is 2.16. The lowest BCUT2D eigenvalue weighted by Crippen LogP contribution is -2.34. The Bertz CT molecular complexity index is 407. The monoisotopic (exact) mass is 297 g/mol. The van der Waals surface area contributed by atoms with E-state index in [4.69, 9.17) is 18.9 Å². The van der Waals surface area contributed by atoms with Gasteiger partial charge in [0.15, 0.2) is 0 Å². The summed E-state index contributed by atoms with van der Waals surface area (Å²) in [5.41, 5.74) is 0. The second kappa shape index (κ2) is 10.0. The second-order valence-corrected chi connectivity index (χ2v) is 4.38. The topological polar surface area (TPSA) is 57.2 Å². The summed E-state index contributed by atoms with van der Waals surface area (Å²) in [6, 6.07) is 7.31. The van der Waals surface area contributed by atoms with Crippen molar-refractivity contribution >= 4 is 5.91 Å². The minimum absolute atomic E-state index is 0.0579. The number of nitrogens with zero attached hydrogens (tertiary/aromatic N) is 1. The number of carbonyl (C=O) groups is 1. The third-order valence-corrected chi connectivity index (χ3v) is 2.84. The molecule has 0 atom stereocenters. The van der Waals surface area contributed by atoms with Crippen molar-refractivity contribution in [2.45, 2.75) is 0 Å². The minimum Gasteiger partial charge on any atom is -0.497 e. The highest BCUT2D eigenvalue weighted by atomic mass is 16.5. The van der Waals surface area contributed by atoms with Gasteiger partial charge in [-0.2, -0.15) is 0 Å². The minimum atomic E-state index is -0.0792. The van der Waals surface area contributed by atoms with Crippen LogP contribution < -0.4 is 9.47 Å². The van der Waals surface area contributed by atoms with Crippen LogP contribution in [0.2, 0.25) is 0 Å². The first-order valence-corrected chi connectivity index (χ1v) is 6.75. The molecule has 0 radical (unpaired) electrons. The van der Waals surface area contributed by atoms with Crippen molar-refractivity contribution in [3.05, 3.63) is 24.3 Å². The van der Waals surface area contributed by atoms with E-state index in [-0.39, 0.29) is 12.5 Å². The van der Waals surface area contributed by atoms with Crippen LogP contribution in [0.5, 0.6) is 11.5 Å². The van der Waals surface area contributed by atoms with E-state index in [9.17, 15) is 4.79 Å². The normalized spacial score (nSPS) is 10.2. The Labute approximate surface area is 125 Å². The summed E-state index contributed by atoms with van der Waals surface area (Å²) in [6.45, 7) is 1.88. The lowest BCUT2D eigenvalue weighted by atomic mass is 10.3. The Morgan fingerprint density at radius 2 is 1.71 bits per heavy atom. The van der Waals surface area contributed by atoms with Crippen LogP contribution in [0.25, 0.3) is 0 Å². The molecule has 0 spiro atoms. The molecule has 0 bridgehead atoms. The largest absolute Gasteiger partial charge is 0.497 e. The molecule has 21 heavy (non-hydrogen) atoms. The number of benzene rings is 1. The molecule has 118 valence electrons. The molecule has 0 aliphatic carbocycles. The van der Waals surface area contributed by atoms with Gasteiger partial charge in [-0.25, -0.2) is 0 Å². The Kier molecular flexibility index (Phi) is 8.23. The van der Waals surface area contributed by atoms with Crippen molar-refractivity contribution in [2.24, 2.45) is 0 Å². The molecule has 0 saturated carbocycles. The number of hydrogen-bond acceptors (Lipinski definition) is 5. The Balaban J connectivity index is 2.19. The summed E-state index contributed by atoms with van der Waals surface area (Å²) in [5, 5.41) is 0. The van der Waals surface area contributed by atoms with Crippen molar-refractivity contribution in [2.75, 3.05) is 54.2 Å². The van der Waals surface area contributed by atoms with Gasteiger partial charge in [-0.1, -0.05) is 0 Å². The average molecular weight is 297 g/mol. The molecule has 0 heterocycles. The molecule has 1 rings (SSSR count). The first-order valence-electron chi connectivity index (χ1n) is 6.75. The van der Waals surface area contributed by atoms with Crippen LogP contribution in [-0.2, 0) is 14.3 Å². The van der Waals surface area contributed by atoms with Crippen molar-refractivity contribution < 1.29 is 23.7 Å². The van der Waals surface area contributed by atoms with Gasteiger partial charge in [0.1, 0.15) is 24.7 Å². The maximum atomic E-state index is 11.7. The quantitative estimate of drug-likeness (QED) is 0.607. The Morgan fingerprint density at radius 3 is 2.33 bits per heavy atom. The van der Waals surface area contributed by atoms with Gasteiger partial charge in [0.25, 0.3) is 0 Å². The van der Waals surface area contributed by atoms with Crippen molar-refractivity contribution in [1.82, 2.24) is 4.90 Å².